The molecular weight excluding hydrogens is 98.1 g/mol. The Balaban J connectivity index is 2.16. The summed E-state index contributed by atoms with van der Waals surface area (Å²) < 4.78 is 0. The van der Waals surface area contributed by atoms with Crippen molar-refractivity contribution in [3.8, 4) is 0 Å². The fraction of sp³-hybridized carbons (Fsp3) is 1.00. The SMILES string of the molecule is CC[C@H]1CN1C(C)C. The normalized spacial score (nSPS) is 36.0. The van der Waals surface area contributed by atoms with E-state index in [0.29, 0.717) is 0 Å². The van der Waals surface area contributed by atoms with E-state index < -0.39 is 0 Å². The Kier molecular flexibility index (Phi) is 1.57. The lowest BCUT2D eigenvalue weighted by atomic mass is 10.3. The zero-order valence-corrected chi connectivity index (χ0v) is 6.02. The summed E-state index contributed by atoms with van der Waals surface area (Å²) in [6.07, 6.45) is 1.33. The molecule has 0 amide bonds. The molecule has 1 aliphatic rings. The average Bonchev–Trinajstić information content (AvgIpc) is 2.42. The van der Waals surface area contributed by atoms with Crippen molar-refractivity contribution in [2.75, 3.05) is 6.54 Å². The van der Waals surface area contributed by atoms with Crippen LogP contribution in [-0.4, -0.2) is 23.5 Å². The number of hydrogen-bond acceptors (Lipinski definition) is 1. The predicted octanol–water partition coefficient (Wildman–Crippen LogP) is 1.49. The summed E-state index contributed by atoms with van der Waals surface area (Å²) in [6, 6.07) is 1.70. The van der Waals surface area contributed by atoms with E-state index in [-0.39, 0.29) is 0 Å². The summed E-state index contributed by atoms with van der Waals surface area (Å²) in [5.74, 6) is 0. The van der Waals surface area contributed by atoms with Gasteiger partial charge in [0.05, 0.1) is 0 Å². The maximum absolute atomic E-state index is 2.51. The molecule has 0 aliphatic carbocycles. The minimum Gasteiger partial charge on any atom is -0.295 e. The summed E-state index contributed by atoms with van der Waals surface area (Å²) in [6.45, 7) is 8.12. The Morgan fingerprint density at radius 2 is 2.25 bits per heavy atom. The first-order chi connectivity index (χ1) is 3.75. The van der Waals surface area contributed by atoms with Gasteiger partial charge in [-0.1, -0.05) is 6.92 Å². The molecule has 1 heterocycles. The molecule has 1 nitrogen and oxygen atoms in total. The second-order valence-electron chi connectivity index (χ2n) is 2.85. The molecule has 0 N–H and O–H groups in total. The van der Waals surface area contributed by atoms with E-state index in [1.54, 1.807) is 0 Å². The van der Waals surface area contributed by atoms with Gasteiger partial charge in [0.25, 0.3) is 0 Å². The first-order valence-corrected chi connectivity index (χ1v) is 3.51. The molecule has 0 saturated carbocycles. The average molecular weight is 113 g/mol. The van der Waals surface area contributed by atoms with Gasteiger partial charge in [0.15, 0.2) is 0 Å². The monoisotopic (exact) mass is 113 g/mol. The Bertz CT molecular complexity index is 78.5. The van der Waals surface area contributed by atoms with Crippen molar-refractivity contribution in [1.29, 1.82) is 0 Å². The quantitative estimate of drug-likeness (QED) is 0.490. The number of hydrogen-bond donors (Lipinski definition) is 0. The molecule has 0 bridgehead atoms. The Labute approximate surface area is 51.7 Å². The molecule has 1 heteroatoms. The third-order valence-corrected chi connectivity index (χ3v) is 1.89. The van der Waals surface area contributed by atoms with Gasteiger partial charge in [0.1, 0.15) is 0 Å². The van der Waals surface area contributed by atoms with Gasteiger partial charge in [-0.25, -0.2) is 0 Å². The van der Waals surface area contributed by atoms with Crippen LogP contribution in [-0.2, 0) is 0 Å². The maximum atomic E-state index is 2.51. The fourth-order valence-electron chi connectivity index (χ4n) is 1.19. The van der Waals surface area contributed by atoms with Gasteiger partial charge < -0.3 is 0 Å². The van der Waals surface area contributed by atoms with E-state index >= 15 is 0 Å². The van der Waals surface area contributed by atoms with Crippen LogP contribution in [0.1, 0.15) is 27.2 Å². The lowest BCUT2D eigenvalue weighted by molar-refractivity contribution is 0.417. The lowest BCUT2D eigenvalue weighted by Crippen LogP contribution is -2.11. The molecule has 0 spiro atoms. The van der Waals surface area contributed by atoms with Crippen LogP contribution in [0.15, 0.2) is 0 Å². The molecule has 0 aromatic carbocycles. The van der Waals surface area contributed by atoms with Crippen molar-refractivity contribution in [3.63, 3.8) is 0 Å². The standard InChI is InChI=1S/C7H15N/c1-4-7-5-8(7)6(2)3/h6-7H,4-5H2,1-3H3/t7-,8?/m0/s1. The van der Waals surface area contributed by atoms with E-state index in [9.17, 15) is 0 Å². The van der Waals surface area contributed by atoms with Crippen molar-refractivity contribution < 1.29 is 0 Å². The van der Waals surface area contributed by atoms with Crippen LogP contribution in [0.25, 0.3) is 0 Å². The molecule has 1 aliphatic heterocycles. The highest BCUT2D eigenvalue weighted by atomic mass is 15.3. The van der Waals surface area contributed by atoms with Crippen molar-refractivity contribution in [2.45, 2.75) is 39.3 Å². The van der Waals surface area contributed by atoms with Gasteiger partial charge >= 0.3 is 0 Å². The van der Waals surface area contributed by atoms with Crippen molar-refractivity contribution in [3.05, 3.63) is 0 Å². The molecular formula is C7H15N. The minimum absolute atomic E-state index is 0.778. The first kappa shape index (κ1) is 6.09. The smallest absolute Gasteiger partial charge is 0.0224 e. The zero-order chi connectivity index (χ0) is 6.15. The van der Waals surface area contributed by atoms with Crippen LogP contribution in [0.3, 0.4) is 0 Å². The van der Waals surface area contributed by atoms with E-state index in [1.807, 2.05) is 0 Å². The summed E-state index contributed by atoms with van der Waals surface area (Å²) in [7, 11) is 0. The fourth-order valence-corrected chi connectivity index (χ4v) is 1.19. The second kappa shape index (κ2) is 2.06. The maximum Gasteiger partial charge on any atom is 0.0224 e. The van der Waals surface area contributed by atoms with Gasteiger partial charge in [0, 0.05) is 18.6 Å². The molecule has 0 aromatic heterocycles. The highest BCUT2D eigenvalue weighted by Gasteiger charge is 2.33. The van der Waals surface area contributed by atoms with Crippen LogP contribution in [0, 0.1) is 0 Å². The molecule has 1 saturated heterocycles. The summed E-state index contributed by atoms with van der Waals surface area (Å²) in [4.78, 5) is 2.51. The Hall–Kier alpha value is -0.0400. The molecule has 0 radical (unpaired) electrons. The molecule has 1 unspecified atom stereocenters. The largest absolute Gasteiger partial charge is 0.295 e. The molecule has 0 aromatic rings. The molecule has 1 fully saturated rings. The zero-order valence-electron chi connectivity index (χ0n) is 6.02. The highest BCUT2D eigenvalue weighted by Crippen LogP contribution is 2.22. The summed E-state index contributed by atoms with van der Waals surface area (Å²) >= 11 is 0. The van der Waals surface area contributed by atoms with E-state index in [1.165, 1.54) is 13.0 Å². The molecule has 48 valence electrons. The minimum atomic E-state index is 0.778. The van der Waals surface area contributed by atoms with Crippen LogP contribution in [0.2, 0.25) is 0 Å². The predicted molar refractivity (Wildman–Crippen MR) is 35.9 cm³/mol. The van der Waals surface area contributed by atoms with E-state index in [0.717, 1.165) is 12.1 Å². The van der Waals surface area contributed by atoms with E-state index in [2.05, 4.69) is 25.7 Å². The first-order valence-electron chi connectivity index (χ1n) is 3.51. The van der Waals surface area contributed by atoms with Gasteiger partial charge in [0.2, 0.25) is 0 Å². The van der Waals surface area contributed by atoms with E-state index in [4.69, 9.17) is 0 Å². The third-order valence-electron chi connectivity index (χ3n) is 1.89. The Morgan fingerprint density at radius 1 is 1.62 bits per heavy atom. The molecule has 8 heavy (non-hydrogen) atoms. The molecule has 2 atom stereocenters. The summed E-state index contributed by atoms with van der Waals surface area (Å²) in [5.41, 5.74) is 0. The number of rotatable bonds is 2. The number of nitrogens with zero attached hydrogens (tertiary/aromatic N) is 1. The van der Waals surface area contributed by atoms with Crippen LogP contribution < -0.4 is 0 Å². The van der Waals surface area contributed by atoms with Crippen LogP contribution >= 0.6 is 0 Å². The highest BCUT2D eigenvalue weighted by molar-refractivity contribution is 4.89. The lowest BCUT2D eigenvalue weighted by Gasteiger charge is -2.04. The third kappa shape index (κ3) is 1.03. The second-order valence-corrected chi connectivity index (χ2v) is 2.85. The van der Waals surface area contributed by atoms with Crippen molar-refractivity contribution >= 4 is 0 Å². The van der Waals surface area contributed by atoms with Gasteiger partial charge in [-0.15, -0.1) is 0 Å². The topological polar surface area (TPSA) is 3.01 Å². The van der Waals surface area contributed by atoms with Gasteiger partial charge in [-0.2, -0.15) is 0 Å². The van der Waals surface area contributed by atoms with Crippen LogP contribution in [0.5, 0.6) is 0 Å². The van der Waals surface area contributed by atoms with Gasteiger partial charge in [-0.05, 0) is 20.3 Å². The van der Waals surface area contributed by atoms with Crippen molar-refractivity contribution in [1.82, 2.24) is 4.90 Å². The van der Waals surface area contributed by atoms with Crippen LogP contribution in [0.4, 0.5) is 0 Å². The molecule has 1 rings (SSSR count). The van der Waals surface area contributed by atoms with Gasteiger partial charge in [-0.3, -0.25) is 4.90 Å². The van der Waals surface area contributed by atoms with Crippen molar-refractivity contribution in [2.24, 2.45) is 0 Å². The Morgan fingerprint density at radius 3 is 2.38 bits per heavy atom. The summed E-state index contributed by atoms with van der Waals surface area (Å²) in [5, 5.41) is 0.